The molecule has 1 aromatic heterocycles. The number of aromatic nitrogens is 3. The Labute approximate surface area is 108 Å². The molecular formula is C12H23N5O. The Morgan fingerprint density at radius 2 is 1.94 bits per heavy atom. The van der Waals surface area contributed by atoms with Crippen LogP contribution in [0.1, 0.15) is 37.7 Å². The van der Waals surface area contributed by atoms with Gasteiger partial charge in [-0.1, -0.05) is 13.8 Å². The maximum atomic E-state index is 12.0. The van der Waals surface area contributed by atoms with E-state index in [2.05, 4.69) is 34.2 Å². The van der Waals surface area contributed by atoms with Crippen molar-refractivity contribution in [1.82, 2.24) is 25.2 Å². The fraction of sp³-hybridized carbons (Fsp3) is 0.750. The van der Waals surface area contributed by atoms with Gasteiger partial charge in [0.25, 0.3) is 5.91 Å². The molecule has 6 nitrogen and oxygen atoms in total. The Balaban J connectivity index is 2.40. The molecule has 1 aromatic rings. The number of hydrogen-bond donors (Lipinski definition) is 1. The molecule has 0 fully saturated rings. The molecule has 0 unspecified atom stereocenters. The lowest BCUT2D eigenvalue weighted by Gasteiger charge is -2.22. The minimum absolute atomic E-state index is 0.0502. The van der Waals surface area contributed by atoms with E-state index < -0.39 is 0 Å². The quantitative estimate of drug-likeness (QED) is 0.750. The average Bonchev–Trinajstić information content (AvgIpc) is 2.92. The van der Waals surface area contributed by atoms with Crippen LogP contribution in [0.4, 0.5) is 0 Å². The number of aromatic amines is 1. The van der Waals surface area contributed by atoms with E-state index in [1.54, 1.807) is 4.90 Å². The van der Waals surface area contributed by atoms with Gasteiger partial charge in [0.1, 0.15) is 0 Å². The second-order valence-electron chi connectivity index (χ2n) is 4.12. The molecule has 0 aliphatic carbocycles. The van der Waals surface area contributed by atoms with Crippen LogP contribution < -0.4 is 0 Å². The molecule has 1 N–H and O–H groups in total. The van der Waals surface area contributed by atoms with Gasteiger partial charge in [-0.3, -0.25) is 4.79 Å². The van der Waals surface area contributed by atoms with E-state index in [-0.39, 0.29) is 5.91 Å². The second kappa shape index (κ2) is 7.81. The summed E-state index contributed by atoms with van der Waals surface area (Å²) in [5, 5.41) is 9.95. The molecule has 0 aromatic carbocycles. The van der Waals surface area contributed by atoms with Gasteiger partial charge in [0.05, 0.1) is 6.20 Å². The molecule has 0 saturated carbocycles. The van der Waals surface area contributed by atoms with Gasteiger partial charge in [-0.15, -0.1) is 0 Å². The summed E-state index contributed by atoms with van der Waals surface area (Å²) in [6.07, 6.45) is 2.45. The number of carbonyl (C=O) groups is 1. The number of rotatable bonds is 8. The van der Waals surface area contributed by atoms with Crippen molar-refractivity contribution in [3.8, 4) is 0 Å². The van der Waals surface area contributed by atoms with Gasteiger partial charge in [-0.05, 0) is 33.0 Å². The van der Waals surface area contributed by atoms with E-state index in [1.165, 1.54) is 6.20 Å². The minimum Gasteiger partial charge on any atom is -0.337 e. The first kappa shape index (κ1) is 14.6. The molecule has 0 atom stereocenters. The Hall–Kier alpha value is -1.43. The molecule has 102 valence electrons. The maximum absolute atomic E-state index is 12.0. The first-order valence-corrected chi connectivity index (χ1v) is 6.60. The summed E-state index contributed by atoms with van der Waals surface area (Å²) in [6, 6.07) is 0. The van der Waals surface area contributed by atoms with E-state index in [0.717, 1.165) is 32.6 Å². The highest BCUT2D eigenvalue weighted by Gasteiger charge is 2.16. The standard InChI is InChI=1S/C12H23N5O/c1-4-16(5-2)8-7-9-17(6-3)12(18)11-10-13-15-14-11/h10H,4-9H2,1-3H3,(H,13,14,15). The van der Waals surface area contributed by atoms with Gasteiger partial charge in [0.2, 0.25) is 0 Å². The van der Waals surface area contributed by atoms with Crippen molar-refractivity contribution in [1.29, 1.82) is 0 Å². The molecule has 1 rings (SSSR count). The molecule has 0 saturated heterocycles. The van der Waals surface area contributed by atoms with Crippen molar-refractivity contribution in [3.63, 3.8) is 0 Å². The third kappa shape index (κ3) is 4.10. The molecule has 18 heavy (non-hydrogen) atoms. The lowest BCUT2D eigenvalue weighted by molar-refractivity contribution is 0.0751. The number of hydrogen-bond acceptors (Lipinski definition) is 4. The molecule has 0 aliphatic heterocycles. The monoisotopic (exact) mass is 253 g/mol. The fourth-order valence-corrected chi connectivity index (χ4v) is 1.89. The summed E-state index contributed by atoms with van der Waals surface area (Å²) >= 11 is 0. The second-order valence-corrected chi connectivity index (χ2v) is 4.12. The summed E-state index contributed by atoms with van der Waals surface area (Å²) in [5.41, 5.74) is 0.389. The van der Waals surface area contributed by atoms with Gasteiger partial charge >= 0.3 is 0 Å². The minimum atomic E-state index is -0.0502. The van der Waals surface area contributed by atoms with Crippen LogP contribution in [-0.4, -0.2) is 63.8 Å². The fourth-order valence-electron chi connectivity index (χ4n) is 1.89. The molecule has 6 heteroatoms. The zero-order valence-corrected chi connectivity index (χ0v) is 11.5. The van der Waals surface area contributed by atoms with Crippen LogP contribution >= 0.6 is 0 Å². The molecule has 0 aliphatic rings. The number of nitrogens with one attached hydrogen (secondary N) is 1. The number of amides is 1. The lowest BCUT2D eigenvalue weighted by Crippen LogP contribution is -2.34. The van der Waals surface area contributed by atoms with Crippen LogP contribution in [-0.2, 0) is 0 Å². The van der Waals surface area contributed by atoms with Crippen LogP contribution in [0.2, 0.25) is 0 Å². The maximum Gasteiger partial charge on any atom is 0.276 e. The van der Waals surface area contributed by atoms with Crippen LogP contribution in [0.5, 0.6) is 0 Å². The highest BCUT2D eigenvalue weighted by molar-refractivity contribution is 5.91. The Morgan fingerprint density at radius 3 is 2.44 bits per heavy atom. The topological polar surface area (TPSA) is 65.1 Å². The van der Waals surface area contributed by atoms with Crippen LogP contribution in [0.3, 0.4) is 0 Å². The molecule has 1 amide bonds. The molecule has 0 radical (unpaired) electrons. The van der Waals surface area contributed by atoms with Gasteiger partial charge < -0.3 is 9.80 Å². The van der Waals surface area contributed by atoms with Gasteiger partial charge in [-0.25, -0.2) is 0 Å². The summed E-state index contributed by atoms with van der Waals surface area (Å²) in [6.45, 7) is 10.9. The summed E-state index contributed by atoms with van der Waals surface area (Å²) in [4.78, 5) is 16.2. The van der Waals surface area contributed by atoms with Crippen molar-refractivity contribution in [2.45, 2.75) is 27.2 Å². The SMILES string of the molecule is CCN(CC)CCCN(CC)C(=O)c1cn[nH]n1. The summed E-state index contributed by atoms with van der Waals surface area (Å²) in [5.74, 6) is -0.0502. The number of nitrogens with zero attached hydrogens (tertiary/aromatic N) is 4. The van der Waals surface area contributed by atoms with Gasteiger partial charge in [0, 0.05) is 13.1 Å². The van der Waals surface area contributed by atoms with Crippen LogP contribution in [0, 0.1) is 0 Å². The third-order valence-corrected chi connectivity index (χ3v) is 3.10. The van der Waals surface area contributed by atoms with E-state index >= 15 is 0 Å². The molecular weight excluding hydrogens is 230 g/mol. The predicted octanol–water partition coefficient (Wildman–Crippen LogP) is 0.999. The first-order chi connectivity index (χ1) is 8.72. The van der Waals surface area contributed by atoms with Crippen molar-refractivity contribution in [2.75, 3.05) is 32.7 Å². The summed E-state index contributed by atoms with van der Waals surface area (Å²) < 4.78 is 0. The molecule has 0 spiro atoms. The Bertz CT molecular complexity index is 334. The van der Waals surface area contributed by atoms with Gasteiger partial charge in [0.15, 0.2) is 5.69 Å². The van der Waals surface area contributed by atoms with Crippen molar-refractivity contribution in [3.05, 3.63) is 11.9 Å². The smallest absolute Gasteiger partial charge is 0.276 e. The predicted molar refractivity (Wildman–Crippen MR) is 70.4 cm³/mol. The van der Waals surface area contributed by atoms with Crippen molar-refractivity contribution >= 4 is 5.91 Å². The van der Waals surface area contributed by atoms with E-state index in [1.807, 2.05) is 6.92 Å². The molecule has 1 heterocycles. The van der Waals surface area contributed by atoms with Crippen LogP contribution in [0.25, 0.3) is 0 Å². The van der Waals surface area contributed by atoms with Gasteiger partial charge in [-0.2, -0.15) is 15.4 Å². The van der Waals surface area contributed by atoms with Crippen LogP contribution in [0.15, 0.2) is 6.20 Å². The zero-order valence-electron chi connectivity index (χ0n) is 11.5. The average molecular weight is 253 g/mol. The Kier molecular flexibility index (Phi) is 6.35. The highest BCUT2D eigenvalue weighted by Crippen LogP contribution is 2.01. The zero-order chi connectivity index (χ0) is 13.4. The first-order valence-electron chi connectivity index (χ1n) is 6.60. The van der Waals surface area contributed by atoms with Crippen molar-refractivity contribution in [2.24, 2.45) is 0 Å². The number of H-pyrrole nitrogens is 1. The Morgan fingerprint density at radius 1 is 1.22 bits per heavy atom. The third-order valence-electron chi connectivity index (χ3n) is 3.10. The lowest BCUT2D eigenvalue weighted by atomic mass is 10.3. The molecule has 0 bridgehead atoms. The van der Waals surface area contributed by atoms with E-state index in [0.29, 0.717) is 12.2 Å². The summed E-state index contributed by atoms with van der Waals surface area (Å²) in [7, 11) is 0. The van der Waals surface area contributed by atoms with E-state index in [4.69, 9.17) is 0 Å². The number of carbonyl (C=O) groups excluding carboxylic acids is 1. The highest BCUT2D eigenvalue weighted by atomic mass is 16.2. The normalized spacial score (nSPS) is 10.9. The van der Waals surface area contributed by atoms with Crippen molar-refractivity contribution < 1.29 is 4.79 Å². The largest absolute Gasteiger partial charge is 0.337 e. The van der Waals surface area contributed by atoms with E-state index in [9.17, 15) is 4.79 Å².